The van der Waals surface area contributed by atoms with Gasteiger partial charge in [0.1, 0.15) is 11.5 Å². The van der Waals surface area contributed by atoms with Crippen molar-refractivity contribution in [2.45, 2.75) is 32.8 Å². The van der Waals surface area contributed by atoms with Gasteiger partial charge in [0, 0.05) is 11.6 Å². The molecule has 0 amide bonds. The number of hydrogen-bond acceptors (Lipinski definition) is 4. The van der Waals surface area contributed by atoms with Crippen LogP contribution in [-0.2, 0) is 12.8 Å². The van der Waals surface area contributed by atoms with Gasteiger partial charge in [0.05, 0.1) is 30.2 Å². The fraction of sp³-hybridized carbons (Fsp3) is 0.250. The minimum atomic E-state index is -0.972. The number of carboxylic acid groups (broad SMARTS) is 1. The number of methoxy groups -OCH3 is 1. The van der Waals surface area contributed by atoms with Crippen molar-refractivity contribution in [2.24, 2.45) is 0 Å². The first-order valence-corrected chi connectivity index (χ1v) is 9.60. The number of rotatable bonds is 8. The predicted octanol–water partition coefficient (Wildman–Crippen LogP) is 5.03. The van der Waals surface area contributed by atoms with Crippen LogP contribution in [-0.4, -0.2) is 29.3 Å². The molecule has 29 heavy (non-hydrogen) atoms. The molecule has 0 saturated heterocycles. The van der Waals surface area contributed by atoms with E-state index in [1.807, 2.05) is 62.4 Å². The molecule has 0 aliphatic rings. The Morgan fingerprint density at radius 3 is 2.45 bits per heavy atom. The van der Waals surface area contributed by atoms with E-state index in [0.717, 1.165) is 17.5 Å². The number of aryl methyl sites for hydroxylation is 2. The molecule has 3 aromatic rings. The smallest absolute Gasteiger partial charge is 0.337 e. The number of nitrogens with zero attached hydrogens (tertiary/aromatic N) is 1. The average molecular weight is 391 g/mol. The highest BCUT2D eigenvalue weighted by Gasteiger charge is 2.16. The van der Waals surface area contributed by atoms with E-state index in [1.54, 1.807) is 19.2 Å². The highest BCUT2D eigenvalue weighted by atomic mass is 16.5. The minimum absolute atomic E-state index is 0.0169. The van der Waals surface area contributed by atoms with E-state index in [-0.39, 0.29) is 11.7 Å². The Hall–Kier alpha value is -3.34. The number of carbonyl (C=O) groups is 1. The molecular formula is C24H25NO4. The number of aromatic carboxylic acids is 1. The van der Waals surface area contributed by atoms with Crippen LogP contribution in [0.1, 0.15) is 35.5 Å². The van der Waals surface area contributed by atoms with Crippen LogP contribution in [0.15, 0.2) is 60.7 Å². The van der Waals surface area contributed by atoms with E-state index in [1.165, 1.54) is 0 Å². The summed E-state index contributed by atoms with van der Waals surface area (Å²) in [7, 11) is 1.61. The monoisotopic (exact) mass is 391 g/mol. The van der Waals surface area contributed by atoms with E-state index >= 15 is 0 Å². The summed E-state index contributed by atoms with van der Waals surface area (Å²) in [4.78, 5) is 16.4. The number of aromatic nitrogens is 1. The molecule has 0 bridgehead atoms. The zero-order valence-corrected chi connectivity index (χ0v) is 16.9. The maximum Gasteiger partial charge on any atom is 0.337 e. The number of carboxylic acids is 1. The molecule has 1 heterocycles. The molecule has 0 spiro atoms. The molecule has 0 fully saturated rings. The summed E-state index contributed by atoms with van der Waals surface area (Å²) in [6.07, 6.45) is 1.24. The first-order chi connectivity index (χ1) is 14.0. The molecule has 0 unspecified atom stereocenters. The van der Waals surface area contributed by atoms with Crippen LogP contribution in [0.2, 0.25) is 0 Å². The van der Waals surface area contributed by atoms with E-state index in [2.05, 4.69) is 0 Å². The van der Waals surface area contributed by atoms with Gasteiger partial charge in [-0.2, -0.15) is 0 Å². The van der Waals surface area contributed by atoms with Crippen LogP contribution in [0.3, 0.4) is 0 Å². The minimum Gasteiger partial charge on any atom is -0.497 e. The van der Waals surface area contributed by atoms with Gasteiger partial charge in [-0.05, 0) is 56.5 Å². The van der Waals surface area contributed by atoms with Gasteiger partial charge in [-0.15, -0.1) is 0 Å². The lowest BCUT2D eigenvalue weighted by molar-refractivity contribution is 0.0695. The van der Waals surface area contributed by atoms with E-state index < -0.39 is 5.97 Å². The van der Waals surface area contributed by atoms with E-state index in [4.69, 9.17) is 14.5 Å². The van der Waals surface area contributed by atoms with Crippen LogP contribution in [0.25, 0.3) is 11.3 Å². The van der Waals surface area contributed by atoms with Crippen molar-refractivity contribution in [3.05, 3.63) is 77.5 Å². The third-order valence-corrected chi connectivity index (χ3v) is 4.53. The Kier molecular flexibility index (Phi) is 6.50. The number of benzene rings is 2. The third-order valence-electron chi connectivity index (χ3n) is 4.53. The fourth-order valence-electron chi connectivity index (χ4n) is 3.14. The third kappa shape index (κ3) is 5.13. The molecule has 3 rings (SSSR count). The summed E-state index contributed by atoms with van der Waals surface area (Å²) < 4.78 is 11.3. The summed E-state index contributed by atoms with van der Waals surface area (Å²) in [6, 6.07) is 18.9. The van der Waals surface area contributed by atoms with Gasteiger partial charge in [-0.1, -0.05) is 30.3 Å². The van der Waals surface area contributed by atoms with Crippen LogP contribution in [0.5, 0.6) is 11.5 Å². The molecule has 0 aliphatic heterocycles. The van der Waals surface area contributed by atoms with E-state index in [9.17, 15) is 9.90 Å². The Bertz CT molecular complexity index is 983. The van der Waals surface area contributed by atoms with Gasteiger partial charge in [-0.25, -0.2) is 4.79 Å². The first-order valence-electron chi connectivity index (χ1n) is 9.60. The highest BCUT2D eigenvalue weighted by Crippen LogP contribution is 2.33. The maximum absolute atomic E-state index is 11.7. The standard InChI is InChI=1S/C24H25NO4/c1-16(2)29-23-15-18(28-3)10-11-19(23)21-14-12-20(24(26)27)22(25-21)13-9-17-7-5-4-6-8-17/h4-8,10-12,14-16H,9,13H2,1-3H3,(H,26,27). The molecular weight excluding hydrogens is 366 g/mol. The summed E-state index contributed by atoms with van der Waals surface area (Å²) in [5.74, 6) is 0.375. The van der Waals surface area contributed by atoms with Crippen molar-refractivity contribution in [2.75, 3.05) is 7.11 Å². The number of hydrogen-bond donors (Lipinski definition) is 1. The molecule has 1 aromatic heterocycles. The molecule has 1 N–H and O–H groups in total. The molecule has 150 valence electrons. The molecule has 0 atom stereocenters. The molecule has 5 heteroatoms. The van der Waals surface area contributed by atoms with Crippen LogP contribution in [0.4, 0.5) is 0 Å². The Labute approximate surface area is 171 Å². The van der Waals surface area contributed by atoms with Crippen molar-refractivity contribution in [3.8, 4) is 22.8 Å². The molecule has 5 nitrogen and oxygen atoms in total. The largest absolute Gasteiger partial charge is 0.497 e. The quantitative estimate of drug-likeness (QED) is 0.583. The Morgan fingerprint density at radius 1 is 1.03 bits per heavy atom. The van der Waals surface area contributed by atoms with Gasteiger partial charge in [0.2, 0.25) is 0 Å². The summed E-state index contributed by atoms with van der Waals surface area (Å²) in [6.45, 7) is 3.91. The van der Waals surface area contributed by atoms with Crippen molar-refractivity contribution < 1.29 is 19.4 Å². The first kappa shape index (κ1) is 20.4. The number of ether oxygens (including phenoxy) is 2. The summed E-state index contributed by atoms with van der Waals surface area (Å²) >= 11 is 0. The van der Waals surface area contributed by atoms with Crippen molar-refractivity contribution >= 4 is 5.97 Å². The van der Waals surface area contributed by atoms with Gasteiger partial charge in [-0.3, -0.25) is 4.98 Å². The molecule has 0 radical (unpaired) electrons. The van der Waals surface area contributed by atoms with Crippen LogP contribution >= 0.6 is 0 Å². The predicted molar refractivity (Wildman–Crippen MR) is 113 cm³/mol. The Morgan fingerprint density at radius 2 is 1.79 bits per heavy atom. The SMILES string of the molecule is COc1ccc(-c2ccc(C(=O)O)c(CCc3ccccc3)n2)c(OC(C)C)c1. The Balaban J connectivity index is 1.99. The highest BCUT2D eigenvalue weighted by molar-refractivity contribution is 5.89. The lowest BCUT2D eigenvalue weighted by atomic mass is 10.0. The zero-order chi connectivity index (χ0) is 20.8. The molecule has 0 saturated carbocycles. The van der Waals surface area contributed by atoms with Gasteiger partial charge >= 0.3 is 5.97 Å². The summed E-state index contributed by atoms with van der Waals surface area (Å²) in [5.41, 5.74) is 3.41. The maximum atomic E-state index is 11.7. The second kappa shape index (κ2) is 9.24. The van der Waals surface area contributed by atoms with E-state index in [0.29, 0.717) is 29.3 Å². The summed E-state index contributed by atoms with van der Waals surface area (Å²) in [5, 5.41) is 9.58. The molecule has 0 aliphatic carbocycles. The van der Waals surface area contributed by atoms with Crippen molar-refractivity contribution in [1.29, 1.82) is 0 Å². The zero-order valence-electron chi connectivity index (χ0n) is 16.9. The topological polar surface area (TPSA) is 68.7 Å². The lowest BCUT2D eigenvalue weighted by Gasteiger charge is -2.16. The van der Waals surface area contributed by atoms with Gasteiger partial charge in [0.15, 0.2) is 0 Å². The second-order valence-electron chi connectivity index (χ2n) is 7.01. The normalized spacial score (nSPS) is 10.8. The lowest BCUT2D eigenvalue weighted by Crippen LogP contribution is -2.09. The van der Waals surface area contributed by atoms with Gasteiger partial charge in [0.25, 0.3) is 0 Å². The second-order valence-corrected chi connectivity index (χ2v) is 7.01. The average Bonchev–Trinajstić information content (AvgIpc) is 2.72. The molecule has 2 aromatic carbocycles. The number of pyridine rings is 1. The fourth-order valence-corrected chi connectivity index (χ4v) is 3.14. The van der Waals surface area contributed by atoms with Gasteiger partial charge < -0.3 is 14.6 Å². The van der Waals surface area contributed by atoms with Crippen molar-refractivity contribution in [1.82, 2.24) is 4.98 Å². The van der Waals surface area contributed by atoms with Crippen molar-refractivity contribution in [3.63, 3.8) is 0 Å². The van der Waals surface area contributed by atoms with Crippen LogP contribution in [0, 0.1) is 0 Å². The van der Waals surface area contributed by atoms with Crippen LogP contribution < -0.4 is 9.47 Å².